The van der Waals surface area contributed by atoms with Gasteiger partial charge in [-0.25, -0.2) is 9.97 Å². The minimum absolute atomic E-state index is 0.176. The first-order valence-corrected chi connectivity index (χ1v) is 10.7. The zero-order valence-electron chi connectivity index (χ0n) is 14.9. The van der Waals surface area contributed by atoms with Gasteiger partial charge in [0.1, 0.15) is 17.8 Å². The van der Waals surface area contributed by atoms with Crippen LogP contribution in [0.3, 0.4) is 0 Å². The summed E-state index contributed by atoms with van der Waals surface area (Å²) < 4.78 is 29.8. The van der Waals surface area contributed by atoms with E-state index in [1.54, 1.807) is 22.0 Å². The van der Waals surface area contributed by atoms with E-state index in [0.717, 1.165) is 49.0 Å². The lowest BCUT2D eigenvalue weighted by Crippen LogP contribution is -2.61. The summed E-state index contributed by atoms with van der Waals surface area (Å²) in [6, 6.07) is 2.16. The molecule has 26 heavy (non-hydrogen) atoms. The molecule has 1 saturated heterocycles. The van der Waals surface area contributed by atoms with Crippen LogP contribution in [0.2, 0.25) is 0 Å². The summed E-state index contributed by atoms with van der Waals surface area (Å²) in [4.78, 5) is 14.1. The fourth-order valence-corrected chi connectivity index (χ4v) is 6.20. The molecule has 1 N–H and O–H groups in total. The maximum atomic E-state index is 13.2. The Bertz CT molecular complexity index is 934. The minimum atomic E-state index is -3.40. The highest BCUT2D eigenvalue weighted by Gasteiger charge is 2.57. The molecule has 9 heteroatoms. The van der Waals surface area contributed by atoms with Crippen LogP contribution in [0, 0.1) is 0 Å². The number of nitrogens with zero attached hydrogens (tertiary/aromatic N) is 5. The first kappa shape index (κ1) is 16.5. The number of piperazine rings is 1. The molecule has 2 saturated carbocycles. The Hall–Kier alpha value is -1.71. The summed E-state index contributed by atoms with van der Waals surface area (Å²) in [5.41, 5.74) is 0.544. The highest BCUT2D eigenvalue weighted by molar-refractivity contribution is 7.86. The van der Waals surface area contributed by atoms with E-state index in [1.807, 2.05) is 12.3 Å². The predicted molar refractivity (Wildman–Crippen MR) is 99.1 cm³/mol. The normalized spacial score (nSPS) is 23.7. The van der Waals surface area contributed by atoms with Gasteiger partial charge in [-0.3, -0.25) is 0 Å². The number of rotatable bonds is 4. The molecular weight excluding hydrogens is 352 g/mol. The van der Waals surface area contributed by atoms with Crippen LogP contribution in [0.15, 0.2) is 18.6 Å². The van der Waals surface area contributed by atoms with E-state index in [2.05, 4.69) is 19.9 Å². The third-order valence-corrected chi connectivity index (χ3v) is 8.43. The fraction of sp³-hybridized carbons (Fsp3) is 0.647. The van der Waals surface area contributed by atoms with Gasteiger partial charge in [-0.1, -0.05) is 6.42 Å². The van der Waals surface area contributed by atoms with Gasteiger partial charge in [0, 0.05) is 38.9 Å². The van der Waals surface area contributed by atoms with Gasteiger partial charge in [0.2, 0.25) is 0 Å². The molecule has 2 aromatic heterocycles. The number of hydrogen-bond donors (Lipinski definition) is 1. The lowest BCUT2D eigenvalue weighted by atomic mass is 9.94. The van der Waals surface area contributed by atoms with Crippen LogP contribution >= 0.6 is 0 Å². The summed E-state index contributed by atoms with van der Waals surface area (Å²) in [6.45, 7) is 1.86. The summed E-state index contributed by atoms with van der Waals surface area (Å²) in [5.74, 6) is 0.895. The molecule has 3 fully saturated rings. The number of aromatic amines is 1. The van der Waals surface area contributed by atoms with Gasteiger partial charge < -0.3 is 9.88 Å². The molecule has 0 atom stereocenters. The number of nitrogens with one attached hydrogen (secondary N) is 1. The van der Waals surface area contributed by atoms with Crippen molar-refractivity contribution in [2.45, 2.75) is 43.7 Å². The molecule has 5 rings (SSSR count). The van der Waals surface area contributed by atoms with Gasteiger partial charge in [0.25, 0.3) is 10.2 Å². The lowest BCUT2D eigenvalue weighted by molar-refractivity contribution is 0.204. The monoisotopic (exact) mass is 376 g/mol. The van der Waals surface area contributed by atoms with Crippen molar-refractivity contribution in [3.05, 3.63) is 18.6 Å². The number of fused-ring (bicyclic) bond motifs is 1. The molecule has 0 radical (unpaired) electrons. The van der Waals surface area contributed by atoms with Gasteiger partial charge in [0.15, 0.2) is 0 Å². The van der Waals surface area contributed by atoms with Crippen LogP contribution in [0.5, 0.6) is 0 Å². The number of anilines is 1. The molecule has 0 amide bonds. The summed E-state index contributed by atoms with van der Waals surface area (Å²) >= 11 is 0. The van der Waals surface area contributed by atoms with E-state index in [0.29, 0.717) is 19.6 Å². The van der Waals surface area contributed by atoms with Gasteiger partial charge in [-0.2, -0.15) is 17.0 Å². The van der Waals surface area contributed by atoms with Gasteiger partial charge in [-0.15, -0.1) is 0 Å². The Labute approximate surface area is 153 Å². The standard InChI is InChI=1S/C17H24N6O2S/c1-21(13-3-2-4-13)26(24,25)23-10-9-22(11-17(23)6-7-17)16-14-5-8-18-15(14)19-12-20-16/h5,8,12-13H,2-4,6-7,9-11H2,1H3,(H,18,19,20). The summed E-state index contributed by atoms with van der Waals surface area (Å²) in [5, 5.41) is 0.992. The molecule has 3 heterocycles. The topological polar surface area (TPSA) is 85.4 Å². The van der Waals surface area contributed by atoms with E-state index in [4.69, 9.17) is 0 Å². The van der Waals surface area contributed by atoms with Crippen LogP contribution in [-0.2, 0) is 10.2 Å². The van der Waals surface area contributed by atoms with Crippen LogP contribution < -0.4 is 4.90 Å². The SMILES string of the molecule is CN(C1CCC1)S(=O)(=O)N1CCN(c2ncnc3[nH]ccc23)CC12CC2. The lowest BCUT2D eigenvalue weighted by Gasteiger charge is -2.45. The van der Waals surface area contributed by atoms with Crippen molar-refractivity contribution in [1.82, 2.24) is 23.6 Å². The van der Waals surface area contributed by atoms with E-state index in [9.17, 15) is 8.42 Å². The van der Waals surface area contributed by atoms with Crippen LogP contribution in [0.1, 0.15) is 32.1 Å². The molecule has 3 aliphatic rings. The second-order valence-corrected chi connectivity index (χ2v) is 9.68. The molecule has 0 bridgehead atoms. The van der Waals surface area contributed by atoms with Crippen molar-refractivity contribution in [2.24, 2.45) is 0 Å². The summed E-state index contributed by atoms with van der Waals surface area (Å²) in [6.07, 6.45) is 8.37. The molecule has 2 aliphatic carbocycles. The first-order chi connectivity index (χ1) is 12.5. The third kappa shape index (κ3) is 2.37. The Morgan fingerprint density at radius 1 is 1.27 bits per heavy atom. The van der Waals surface area contributed by atoms with E-state index in [-0.39, 0.29) is 11.6 Å². The van der Waals surface area contributed by atoms with Crippen molar-refractivity contribution in [1.29, 1.82) is 0 Å². The molecule has 0 unspecified atom stereocenters. The van der Waals surface area contributed by atoms with Crippen LogP contribution in [0.25, 0.3) is 11.0 Å². The Morgan fingerprint density at radius 2 is 2.08 bits per heavy atom. The molecule has 1 aliphatic heterocycles. The first-order valence-electron chi connectivity index (χ1n) is 9.30. The minimum Gasteiger partial charge on any atom is -0.353 e. The Morgan fingerprint density at radius 3 is 2.77 bits per heavy atom. The smallest absolute Gasteiger partial charge is 0.282 e. The Balaban J connectivity index is 1.42. The fourth-order valence-electron chi connectivity index (χ4n) is 4.26. The molecule has 0 aromatic carbocycles. The predicted octanol–water partition coefficient (Wildman–Crippen LogP) is 1.34. The van der Waals surface area contributed by atoms with E-state index >= 15 is 0 Å². The number of H-pyrrole nitrogens is 1. The Kier molecular flexibility index (Phi) is 3.57. The van der Waals surface area contributed by atoms with Crippen LogP contribution in [0.4, 0.5) is 5.82 Å². The highest BCUT2D eigenvalue weighted by atomic mass is 32.2. The molecule has 140 valence electrons. The second-order valence-electron chi connectivity index (χ2n) is 7.76. The van der Waals surface area contributed by atoms with Crippen molar-refractivity contribution in [2.75, 3.05) is 31.6 Å². The average Bonchev–Trinajstić information content (AvgIpc) is 3.16. The average molecular weight is 376 g/mol. The maximum absolute atomic E-state index is 13.2. The van der Waals surface area contributed by atoms with Crippen LogP contribution in [-0.4, -0.2) is 70.2 Å². The van der Waals surface area contributed by atoms with Gasteiger partial charge in [0.05, 0.1) is 10.9 Å². The van der Waals surface area contributed by atoms with E-state index < -0.39 is 10.2 Å². The largest absolute Gasteiger partial charge is 0.353 e. The number of aromatic nitrogens is 3. The highest BCUT2D eigenvalue weighted by Crippen LogP contribution is 2.47. The quantitative estimate of drug-likeness (QED) is 0.870. The molecular formula is C17H24N6O2S. The molecule has 1 spiro atoms. The second kappa shape index (κ2) is 5.64. The van der Waals surface area contributed by atoms with E-state index in [1.165, 1.54) is 0 Å². The summed E-state index contributed by atoms with van der Waals surface area (Å²) in [7, 11) is -1.66. The maximum Gasteiger partial charge on any atom is 0.282 e. The van der Waals surface area contributed by atoms with Crippen molar-refractivity contribution < 1.29 is 8.42 Å². The van der Waals surface area contributed by atoms with Crippen molar-refractivity contribution >= 4 is 27.1 Å². The molecule has 2 aromatic rings. The third-order valence-electron chi connectivity index (χ3n) is 6.28. The zero-order valence-corrected chi connectivity index (χ0v) is 15.7. The number of hydrogen-bond acceptors (Lipinski definition) is 5. The van der Waals surface area contributed by atoms with Crippen molar-refractivity contribution in [3.8, 4) is 0 Å². The molecule has 8 nitrogen and oxygen atoms in total. The van der Waals surface area contributed by atoms with Gasteiger partial charge >= 0.3 is 0 Å². The zero-order chi connectivity index (χ0) is 17.9. The van der Waals surface area contributed by atoms with Crippen molar-refractivity contribution in [3.63, 3.8) is 0 Å². The van der Waals surface area contributed by atoms with Gasteiger partial charge in [-0.05, 0) is 31.7 Å².